The van der Waals surface area contributed by atoms with Gasteiger partial charge in [-0.3, -0.25) is 0 Å². The fourth-order valence-electron chi connectivity index (χ4n) is 3.07. The number of anilines is 1. The molecule has 0 radical (unpaired) electrons. The topological polar surface area (TPSA) is 37.0 Å². The molecule has 3 rings (SSSR count). The molecular formula is C13H16F3N3. The number of fused-ring (bicyclic) bond motifs is 2. The van der Waals surface area contributed by atoms with Crippen LogP contribution in [0, 0.1) is 0 Å². The van der Waals surface area contributed by atoms with Crippen molar-refractivity contribution in [3.8, 4) is 0 Å². The lowest BCUT2D eigenvalue weighted by Gasteiger charge is -2.30. The van der Waals surface area contributed by atoms with Gasteiger partial charge in [0.2, 0.25) is 0 Å². The molecule has 104 valence electrons. The second-order valence-corrected chi connectivity index (χ2v) is 5.38. The predicted octanol–water partition coefficient (Wildman–Crippen LogP) is 2.80. The standard InChI is InChI=1S/C13H16F3N3/c14-13(15,16)8-3-4-17-12(5-8)19-11-6-9-1-2-10(7-11)18-9/h3-5,9-11,18H,1-2,6-7H2,(H,17,19). The molecule has 0 saturated carbocycles. The number of alkyl halides is 3. The smallest absolute Gasteiger partial charge is 0.367 e. The lowest BCUT2D eigenvalue weighted by atomic mass is 10.00. The minimum atomic E-state index is -4.31. The van der Waals surface area contributed by atoms with E-state index in [-0.39, 0.29) is 6.04 Å². The Bertz CT molecular complexity index is 449. The van der Waals surface area contributed by atoms with Crippen LogP contribution in [0.15, 0.2) is 18.3 Å². The Labute approximate surface area is 109 Å². The van der Waals surface area contributed by atoms with Crippen molar-refractivity contribution in [2.24, 2.45) is 0 Å². The summed E-state index contributed by atoms with van der Waals surface area (Å²) in [6.45, 7) is 0. The molecule has 2 N–H and O–H groups in total. The summed E-state index contributed by atoms with van der Waals surface area (Å²) in [5, 5.41) is 6.64. The Morgan fingerprint density at radius 3 is 2.53 bits per heavy atom. The maximum Gasteiger partial charge on any atom is 0.416 e. The van der Waals surface area contributed by atoms with Crippen LogP contribution in [0.2, 0.25) is 0 Å². The van der Waals surface area contributed by atoms with Gasteiger partial charge in [0.25, 0.3) is 0 Å². The van der Waals surface area contributed by atoms with Crippen LogP contribution in [0.25, 0.3) is 0 Å². The minimum absolute atomic E-state index is 0.217. The van der Waals surface area contributed by atoms with Gasteiger partial charge in [0, 0.05) is 24.3 Å². The van der Waals surface area contributed by atoms with Crippen molar-refractivity contribution in [1.29, 1.82) is 0 Å². The van der Waals surface area contributed by atoms with Crippen molar-refractivity contribution in [1.82, 2.24) is 10.3 Å². The summed E-state index contributed by atoms with van der Waals surface area (Å²) < 4.78 is 37.8. The van der Waals surface area contributed by atoms with Gasteiger partial charge in [-0.25, -0.2) is 4.98 Å². The third-order valence-corrected chi connectivity index (χ3v) is 3.91. The van der Waals surface area contributed by atoms with Crippen LogP contribution < -0.4 is 10.6 Å². The highest BCUT2D eigenvalue weighted by molar-refractivity contribution is 5.39. The predicted molar refractivity (Wildman–Crippen MR) is 65.8 cm³/mol. The molecule has 2 saturated heterocycles. The molecule has 0 amide bonds. The summed E-state index contributed by atoms with van der Waals surface area (Å²) in [6.07, 6.45) is 1.13. The van der Waals surface area contributed by atoms with Gasteiger partial charge < -0.3 is 10.6 Å². The minimum Gasteiger partial charge on any atom is -0.367 e. The van der Waals surface area contributed by atoms with Crippen molar-refractivity contribution < 1.29 is 13.2 Å². The van der Waals surface area contributed by atoms with Gasteiger partial charge in [-0.15, -0.1) is 0 Å². The van der Waals surface area contributed by atoms with Crippen LogP contribution in [0.5, 0.6) is 0 Å². The van der Waals surface area contributed by atoms with Gasteiger partial charge >= 0.3 is 6.18 Å². The van der Waals surface area contributed by atoms with Crippen LogP contribution in [0.4, 0.5) is 19.0 Å². The first-order valence-electron chi connectivity index (χ1n) is 6.56. The summed E-state index contributed by atoms with van der Waals surface area (Å²) in [7, 11) is 0. The molecule has 6 heteroatoms. The van der Waals surface area contributed by atoms with Gasteiger partial charge in [0.05, 0.1) is 5.56 Å². The van der Waals surface area contributed by atoms with E-state index in [0.717, 1.165) is 25.0 Å². The lowest BCUT2D eigenvalue weighted by molar-refractivity contribution is -0.137. The van der Waals surface area contributed by atoms with E-state index < -0.39 is 11.7 Å². The molecule has 2 atom stereocenters. The molecule has 3 nitrogen and oxygen atoms in total. The Morgan fingerprint density at radius 1 is 1.21 bits per heavy atom. The molecule has 2 bridgehead atoms. The number of hydrogen-bond acceptors (Lipinski definition) is 3. The molecule has 3 heterocycles. The number of piperidine rings is 1. The molecule has 0 aliphatic carbocycles. The van der Waals surface area contributed by atoms with E-state index in [9.17, 15) is 13.2 Å². The highest BCUT2D eigenvalue weighted by atomic mass is 19.4. The van der Waals surface area contributed by atoms with Crippen molar-refractivity contribution in [3.63, 3.8) is 0 Å². The van der Waals surface area contributed by atoms with Crippen LogP contribution in [0.1, 0.15) is 31.2 Å². The summed E-state index contributed by atoms with van der Waals surface area (Å²) in [4.78, 5) is 3.99. The van der Waals surface area contributed by atoms with Crippen LogP contribution in [0.3, 0.4) is 0 Å². The first-order valence-corrected chi connectivity index (χ1v) is 6.56. The second kappa shape index (κ2) is 4.67. The number of aromatic nitrogens is 1. The molecule has 2 unspecified atom stereocenters. The number of nitrogens with zero attached hydrogens (tertiary/aromatic N) is 1. The number of halogens is 3. The van der Waals surface area contributed by atoms with Gasteiger partial charge in [-0.1, -0.05) is 0 Å². The molecule has 2 aliphatic rings. The van der Waals surface area contributed by atoms with Gasteiger partial charge in [-0.05, 0) is 37.8 Å². The van der Waals surface area contributed by atoms with Crippen molar-refractivity contribution in [2.75, 3.05) is 5.32 Å². The summed E-state index contributed by atoms with van der Waals surface area (Å²) in [5.74, 6) is 0.320. The van der Waals surface area contributed by atoms with Crippen LogP contribution in [-0.4, -0.2) is 23.1 Å². The zero-order chi connectivity index (χ0) is 13.5. The fraction of sp³-hybridized carbons (Fsp3) is 0.615. The van der Waals surface area contributed by atoms with Gasteiger partial charge in [0.1, 0.15) is 5.82 Å². The Morgan fingerprint density at radius 2 is 1.89 bits per heavy atom. The largest absolute Gasteiger partial charge is 0.416 e. The molecule has 2 aliphatic heterocycles. The number of hydrogen-bond donors (Lipinski definition) is 2. The number of pyridine rings is 1. The van der Waals surface area contributed by atoms with E-state index in [1.165, 1.54) is 19.0 Å². The average molecular weight is 271 g/mol. The first kappa shape index (κ1) is 12.7. The second-order valence-electron chi connectivity index (χ2n) is 5.38. The Kier molecular flexibility index (Phi) is 3.12. The van der Waals surface area contributed by atoms with E-state index >= 15 is 0 Å². The molecular weight excluding hydrogens is 255 g/mol. The van der Waals surface area contributed by atoms with Crippen LogP contribution in [-0.2, 0) is 6.18 Å². The van der Waals surface area contributed by atoms with Gasteiger partial charge in [0.15, 0.2) is 0 Å². The fourth-order valence-corrected chi connectivity index (χ4v) is 3.07. The normalized spacial score (nSPS) is 30.4. The third-order valence-electron chi connectivity index (χ3n) is 3.91. The highest BCUT2D eigenvalue weighted by Gasteiger charge is 2.34. The SMILES string of the molecule is FC(F)(F)c1ccnc(NC2CC3CCC(C2)N3)c1. The first-order chi connectivity index (χ1) is 9.00. The van der Waals surface area contributed by atoms with Crippen molar-refractivity contribution in [3.05, 3.63) is 23.9 Å². The van der Waals surface area contributed by atoms with E-state index in [0.29, 0.717) is 17.9 Å². The molecule has 0 aromatic carbocycles. The monoisotopic (exact) mass is 271 g/mol. The molecule has 0 spiro atoms. The third kappa shape index (κ3) is 2.83. The van der Waals surface area contributed by atoms with Crippen molar-refractivity contribution >= 4 is 5.82 Å². The van der Waals surface area contributed by atoms with Gasteiger partial charge in [-0.2, -0.15) is 13.2 Å². The van der Waals surface area contributed by atoms with Crippen LogP contribution >= 0.6 is 0 Å². The Hall–Kier alpha value is -1.30. The maximum absolute atomic E-state index is 12.6. The maximum atomic E-state index is 12.6. The van der Waals surface area contributed by atoms with E-state index in [1.54, 1.807) is 0 Å². The molecule has 1 aromatic rings. The zero-order valence-electron chi connectivity index (χ0n) is 10.4. The number of nitrogens with one attached hydrogen (secondary N) is 2. The lowest BCUT2D eigenvalue weighted by Crippen LogP contribution is -2.43. The molecule has 2 fully saturated rings. The summed E-state index contributed by atoms with van der Waals surface area (Å²) >= 11 is 0. The molecule has 19 heavy (non-hydrogen) atoms. The number of rotatable bonds is 2. The average Bonchev–Trinajstić information content (AvgIpc) is 2.68. The Balaban J connectivity index is 1.70. The van der Waals surface area contributed by atoms with E-state index in [2.05, 4.69) is 15.6 Å². The van der Waals surface area contributed by atoms with Crippen molar-refractivity contribution in [2.45, 2.75) is 50.0 Å². The summed E-state index contributed by atoms with van der Waals surface area (Å²) in [6, 6.07) is 3.31. The van der Waals surface area contributed by atoms with E-state index in [1.807, 2.05) is 0 Å². The van der Waals surface area contributed by atoms with E-state index in [4.69, 9.17) is 0 Å². The summed E-state index contributed by atoms with van der Waals surface area (Å²) in [5.41, 5.74) is -0.651. The zero-order valence-corrected chi connectivity index (χ0v) is 10.4. The highest BCUT2D eigenvalue weighted by Crippen LogP contribution is 2.31. The molecule has 1 aromatic heterocycles. The quantitative estimate of drug-likeness (QED) is 0.868.